The van der Waals surface area contributed by atoms with Crippen molar-refractivity contribution in [2.24, 2.45) is 0 Å². The van der Waals surface area contributed by atoms with E-state index in [0.717, 1.165) is 22.3 Å². The zero-order valence-corrected chi connectivity index (χ0v) is 15.1. The topological polar surface area (TPSA) is 78.9 Å². The minimum Gasteiger partial charge on any atom is -0.480 e. The maximum Gasteiger partial charge on any atom is 0.234 e. The van der Waals surface area contributed by atoms with Crippen LogP contribution in [0.2, 0.25) is 0 Å². The summed E-state index contributed by atoms with van der Waals surface area (Å²) < 4.78 is 10.8. The SMILES string of the molecule is COc1nc(OCc2cccc(-c3cccc(C#N)c3C)c2)ccc1C#N. The molecule has 3 aromatic rings. The molecule has 0 aliphatic carbocycles. The Kier molecular flexibility index (Phi) is 5.35. The van der Waals surface area contributed by atoms with Gasteiger partial charge in [-0.1, -0.05) is 30.3 Å². The second kappa shape index (κ2) is 8.03. The van der Waals surface area contributed by atoms with Crippen molar-refractivity contribution in [3.8, 4) is 35.0 Å². The molecule has 0 N–H and O–H groups in total. The Morgan fingerprint density at radius 2 is 1.74 bits per heavy atom. The fraction of sp³-hybridized carbons (Fsp3) is 0.136. The molecule has 0 unspecified atom stereocenters. The third kappa shape index (κ3) is 3.89. The summed E-state index contributed by atoms with van der Waals surface area (Å²) in [4.78, 5) is 4.19. The maximum atomic E-state index is 9.23. The van der Waals surface area contributed by atoms with Crippen molar-refractivity contribution >= 4 is 0 Å². The van der Waals surface area contributed by atoms with Gasteiger partial charge in [0, 0.05) is 6.07 Å². The van der Waals surface area contributed by atoms with E-state index in [1.165, 1.54) is 7.11 Å². The third-order valence-electron chi connectivity index (χ3n) is 4.23. The highest BCUT2D eigenvalue weighted by molar-refractivity contribution is 5.70. The van der Waals surface area contributed by atoms with Crippen molar-refractivity contribution in [1.29, 1.82) is 10.5 Å². The fourth-order valence-corrected chi connectivity index (χ4v) is 2.80. The molecule has 3 rings (SSSR count). The van der Waals surface area contributed by atoms with Crippen molar-refractivity contribution in [3.05, 3.63) is 76.9 Å². The Labute approximate surface area is 158 Å². The summed E-state index contributed by atoms with van der Waals surface area (Å²) >= 11 is 0. The molecule has 0 aliphatic rings. The van der Waals surface area contributed by atoms with Crippen molar-refractivity contribution in [2.75, 3.05) is 7.11 Å². The van der Waals surface area contributed by atoms with Crippen molar-refractivity contribution in [2.45, 2.75) is 13.5 Å². The first-order valence-corrected chi connectivity index (χ1v) is 8.33. The zero-order chi connectivity index (χ0) is 19.2. The Morgan fingerprint density at radius 3 is 2.48 bits per heavy atom. The highest BCUT2D eigenvalue weighted by atomic mass is 16.5. The molecule has 5 heteroatoms. The van der Waals surface area contributed by atoms with Gasteiger partial charge in [-0.3, -0.25) is 0 Å². The van der Waals surface area contributed by atoms with Gasteiger partial charge in [0.1, 0.15) is 18.2 Å². The number of ether oxygens (including phenoxy) is 2. The van der Waals surface area contributed by atoms with Crippen LogP contribution in [-0.4, -0.2) is 12.1 Å². The number of hydrogen-bond donors (Lipinski definition) is 0. The van der Waals surface area contributed by atoms with Crippen LogP contribution in [0.3, 0.4) is 0 Å². The Hall–Kier alpha value is -3.83. The van der Waals surface area contributed by atoms with Crippen LogP contribution < -0.4 is 9.47 Å². The summed E-state index contributed by atoms with van der Waals surface area (Å²) in [5, 5.41) is 18.2. The van der Waals surface area contributed by atoms with E-state index in [2.05, 4.69) is 11.1 Å². The minimum atomic E-state index is 0.243. The molecule has 0 amide bonds. The normalized spacial score (nSPS) is 9.93. The molecule has 0 bridgehead atoms. The number of hydrogen-bond acceptors (Lipinski definition) is 5. The molecule has 27 heavy (non-hydrogen) atoms. The number of pyridine rings is 1. The van der Waals surface area contributed by atoms with Crippen LogP contribution >= 0.6 is 0 Å². The lowest BCUT2D eigenvalue weighted by atomic mass is 9.96. The molecular weight excluding hydrogens is 338 g/mol. The average molecular weight is 355 g/mol. The first-order valence-electron chi connectivity index (χ1n) is 8.33. The molecule has 0 fully saturated rings. The summed E-state index contributed by atoms with van der Waals surface area (Å²) in [6.45, 7) is 2.27. The predicted molar refractivity (Wildman–Crippen MR) is 101 cm³/mol. The van der Waals surface area contributed by atoms with Crippen LogP contribution in [0.5, 0.6) is 11.8 Å². The molecular formula is C22H17N3O2. The fourth-order valence-electron chi connectivity index (χ4n) is 2.80. The van der Waals surface area contributed by atoms with Gasteiger partial charge < -0.3 is 9.47 Å². The molecule has 1 heterocycles. The summed E-state index contributed by atoms with van der Waals surface area (Å²) in [7, 11) is 1.47. The van der Waals surface area contributed by atoms with E-state index in [4.69, 9.17) is 14.7 Å². The minimum absolute atomic E-state index is 0.243. The van der Waals surface area contributed by atoms with Gasteiger partial charge in [-0.05, 0) is 47.4 Å². The zero-order valence-electron chi connectivity index (χ0n) is 15.1. The Balaban J connectivity index is 1.82. The van der Waals surface area contributed by atoms with E-state index in [-0.39, 0.29) is 5.88 Å². The average Bonchev–Trinajstić information content (AvgIpc) is 2.72. The van der Waals surface area contributed by atoms with E-state index >= 15 is 0 Å². The number of nitriles is 2. The monoisotopic (exact) mass is 355 g/mol. The van der Waals surface area contributed by atoms with Gasteiger partial charge in [-0.2, -0.15) is 15.5 Å². The third-order valence-corrected chi connectivity index (χ3v) is 4.23. The molecule has 132 valence electrons. The summed E-state index contributed by atoms with van der Waals surface area (Å²) in [6.07, 6.45) is 0. The Bertz CT molecular complexity index is 1060. The van der Waals surface area contributed by atoms with Crippen LogP contribution in [0, 0.1) is 29.6 Å². The number of nitrogens with zero attached hydrogens (tertiary/aromatic N) is 3. The summed E-state index contributed by atoms with van der Waals surface area (Å²) in [6, 6.07) is 21.2. The maximum absolute atomic E-state index is 9.23. The van der Waals surface area contributed by atoms with Gasteiger partial charge in [0.2, 0.25) is 11.8 Å². The Morgan fingerprint density at radius 1 is 0.963 bits per heavy atom. The number of methoxy groups -OCH3 is 1. The van der Waals surface area contributed by atoms with E-state index in [0.29, 0.717) is 23.6 Å². The number of aromatic nitrogens is 1. The van der Waals surface area contributed by atoms with Gasteiger partial charge >= 0.3 is 0 Å². The standard InChI is InChI=1S/C22H17N3O2/c1-15-18(12-23)7-4-8-20(15)17-6-3-5-16(11-17)14-27-21-10-9-19(13-24)22(25-21)26-2/h3-11H,14H2,1-2H3. The highest BCUT2D eigenvalue weighted by Crippen LogP contribution is 2.27. The molecule has 1 aromatic heterocycles. The number of rotatable bonds is 5. The van der Waals surface area contributed by atoms with Gasteiger partial charge in [0.05, 0.1) is 18.7 Å². The first-order chi connectivity index (χ1) is 13.2. The lowest BCUT2D eigenvalue weighted by molar-refractivity contribution is 0.287. The number of benzene rings is 2. The van der Waals surface area contributed by atoms with E-state index < -0.39 is 0 Å². The predicted octanol–water partition coefficient (Wildman–Crippen LogP) is 4.39. The van der Waals surface area contributed by atoms with Crippen LogP contribution in [0.4, 0.5) is 0 Å². The molecule has 2 aromatic carbocycles. The molecule has 0 saturated heterocycles. The largest absolute Gasteiger partial charge is 0.480 e. The summed E-state index contributed by atoms with van der Waals surface area (Å²) in [5.41, 5.74) is 5.00. The van der Waals surface area contributed by atoms with Crippen LogP contribution in [-0.2, 0) is 6.61 Å². The molecule has 0 spiro atoms. The van der Waals surface area contributed by atoms with E-state index in [9.17, 15) is 5.26 Å². The van der Waals surface area contributed by atoms with Crippen molar-refractivity contribution in [3.63, 3.8) is 0 Å². The molecule has 0 atom stereocenters. The van der Waals surface area contributed by atoms with Crippen molar-refractivity contribution in [1.82, 2.24) is 4.98 Å². The highest BCUT2D eigenvalue weighted by Gasteiger charge is 2.09. The first kappa shape index (κ1) is 18.0. The van der Waals surface area contributed by atoms with Crippen LogP contribution in [0.15, 0.2) is 54.6 Å². The lowest BCUT2D eigenvalue weighted by Crippen LogP contribution is -2.00. The smallest absolute Gasteiger partial charge is 0.234 e. The molecule has 0 aliphatic heterocycles. The molecule has 0 saturated carbocycles. The molecule has 5 nitrogen and oxygen atoms in total. The van der Waals surface area contributed by atoms with Gasteiger partial charge in [0.25, 0.3) is 0 Å². The second-order valence-corrected chi connectivity index (χ2v) is 5.90. The van der Waals surface area contributed by atoms with E-state index in [1.54, 1.807) is 12.1 Å². The molecule has 0 radical (unpaired) electrons. The van der Waals surface area contributed by atoms with Crippen LogP contribution in [0.1, 0.15) is 22.3 Å². The second-order valence-electron chi connectivity index (χ2n) is 5.90. The van der Waals surface area contributed by atoms with Crippen molar-refractivity contribution < 1.29 is 9.47 Å². The lowest BCUT2D eigenvalue weighted by Gasteiger charge is -2.11. The summed E-state index contributed by atoms with van der Waals surface area (Å²) in [5.74, 6) is 0.631. The van der Waals surface area contributed by atoms with Crippen LogP contribution in [0.25, 0.3) is 11.1 Å². The van der Waals surface area contributed by atoms with Gasteiger partial charge in [0.15, 0.2) is 0 Å². The van der Waals surface area contributed by atoms with E-state index in [1.807, 2.05) is 55.5 Å². The quantitative estimate of drug-likeness (QED) is 0.678. The van der Waals surface area contributed by atoms with Gasteiger partial charge in [-0.25, -0.2) is 0 Å². The van der Waals surface area contributed by atoms with Gasteiger partial charge in [-0.15, -0.1) is 0 Å².